The second-order valence-corrected chi connectivity index (χ2v) is 6.71. The van der Waals surface area contributed by atoms with Gasteiger partial charge >= 0.3 is 0 Å². The van der Waals surface area contributed by atoms with Gasteiger partial charge in [-0.15, -0.1) is 24.8 Å². The van der Waals surface area contributed by atoms with E-state index < -0.39 is 0 Å². The average molecular weight is 382 g/mol. The van der Waals surface area contributed by atoms with Crippen molar-refractivity contribution in [1.29, 1.82) is 0 Å². The molecule has 6 heteroatoms. The van der Waals surface area contributed by atoms with Gasteiger partial charge in [0.2, 0.25) is 0 Å². The number of nitrogens with zero attached hydrogens (tertiary/aromatic N) is 1. The van der Waals surface area contributed by atoms with Gasteiger partial charge in [0.25, 0.3) is 0 Å². The summed E-state index contributed by atoms with van der Waals surface area (Å²) in [5.41, 5.74) is 1.02. The first kappa shape index (κ1) is 20.9. The topological polar surface area (TPSA) is 35.5 Å². The van der Waals surface area contributed by atoms with Crippen LogP contribution in [0.2, 0.25) is 5.02 Å². The summed E-state index contributed by atoms with van der Waals surface area (Å²) in [6.07, 6.45) is 6.51. The molecule has 2 fully saturated rings. The van der Waals surface area contributed by atoms with Gasteiger partial charge in [0.05, 0.1) is 5.02 Å². The SMILES string of the molecule is Cl.Cl.Oc1c(Cl)cccc1[C@H](C1CCCCC1)N1CCNCC1. The minimum atomic E-state index is 0. The zero-order chi connectivity index (χ0) is 14.7. The Morgan fingerprint density at radius 3 is 2.39 bits per heavy atom. The van der Waals surface area contributed by atoms with Gasteiger partial charge in [-0.1, -0.05) is 43.0 Å². The molecule has 2 N–H and O–H groups in total. The van der Waals surface area contributed by atoms with Gasteiger partial charge in [-0.2, -0.15) is 0 Å². The summed E-state index contributed by atoms with van der Waals surface area (Å²) in [6.45, 7) is 4.16. The number of hydrogen-bond acceptors (Lipinski definition) is 3. The van der Waals surface area contributed by atoms with Gasteiger partial charge in [0.1, 0.15) is 5.75 Å². The lowest BCUT2D eigenvalue weighted by molar-refractivity contribution is 0.101. The third-order valence-electron chi connectivity index (χ3n) is 4.98. The van der Waals surface area contributed by atoms with Crippen LogP contribution in [0.1, 0.15) is 43.7 Å². The molecule has 0 unspecified atom stereocenters. The maximum absolute atomic E-state index is 10.5. The lowest BCUT2D eigenvalue weighted by Crippen LogP contribution is -2.47. The number of rotatable bonds is 3. The summed E-state index contributed by atoms with van der Waals surface area (Å²) >= 11 is 6.15. The molecule has 1 saturated carbocycles. The summed E-state index contributed by atoms with van der Waals surface area (Å²) in [5, 5.41) is 14.4. The number of halogens is 3. The van der Waals surface area contributed by atoms with Gasteiger partial charge in [-0.05, 0) is 24.8 Å². The first-order valence-corrected chi connectivity index (χ1v) is 8.57. The number of hydrogen-bond donors (Lipinski definition) is 2. The van der Waals surface area contributed by atoms with Crippen molar-refractivity contribution in [3.05, 3.63) is 28.8 Å². The van der Waals surface area contributed by atoms with Crippen molar-refractivity contribution in [3.63, 3.8) is 0 Å². The van der Waals surface area contributed by atoms with E-state index in [-0.39, 0.29) is 30.6 Å². The molecule has 0 bridgehead atoms. The average Bonchev–Trinajstić information content (AvgIpc) is 2.54. The molecule has 1 heterocycles. The zero-order valence-corrected chi connectivity index (χ0v) is 15.7. The van der Waals surface area contributed by atoms with Crippen LogP contribution in [-0.4, -0.2) is 36.2 Å². The summed E-state index contributed by atoms with van der Waals surface area (Å²) in [7, 11) is 0. The molecule has 0 radical (unpaired) electrons. The number of para-hydroxylation sites is 1. The number of aromatic hydroxyl groups is 1. The highest BCUT2D eigenvalue weighted by atomic mass is 35.5. The van der Waals surface area contributed by atoms with E-state index in [2.05, 4.69) is 16.3 Å². The van der Waals surface area contributed by atoms with Crippen molar-refractivity contribution in [3.8, 4) is 5.75 Å². The summed E-state index contributed by atoms with van der Waals surface area (Å²) in [5.74, 6) is 0.925. The Hall–Kier alpha value is -0.190. The summed E-state index contributed by atoms with van der Waals surface area (Å²) in [6, 6.07) is 6.11. The van der Waals surface area contributed by atoms with Gasteiger partial charge in [0, 0.05) is 37.8 Å². The van der Waals surface area contributed by atoms with Gasteiger partial charge in [0.15, 0.2) is 0 Å². The van der Waals surface area contributed by atoms with Gasteiger partial charge in [-0.25, -0.2) is 0 Å². The third kappa shape index (κ3) is 4.90. The number of phenolic OH excluding ortho intramolecular Hbond substituents is 1. The molecule has 1 aliphatic heterocycles. The number of nitrogens with one attached hydrogen (secondary N) is 1. The Morgan fingerprint density at radius 1 is 1.09 bits per heavy atom. The molecule has 1 aliphatic carbocycles. The first-order chi connectivity index (χ1) is 10.3. The molecule has 3 rings (SSSR count). The lowest BCUT2D eigenvalue weighted by Gasteiger charge is -2.41. The van der Waals surface area contributed by atoms with E-state index in [0.29, 0.717) is 17.0 Å². The molecular weight excluding hydrogens is 355 g/mol. The highest BCUT2D eigenvalue weighted by Crippen LogP contribution is 2.43. The quantitative estimate of drug-likeness (QED) is 0.813. The molecular formula is C17H27Cl3N2O. The fourth-order valence-electron chi connectivity index (χ4n) is 3.93. The molecule has 1 saturated heterocycles. The van der Waals surface area contributed by atoms with E-state index in [4.69, 9.17) is 11.6 Å². The smallest absolute Gasteiger partial charge is 0.138 e. The molecule has 1 atom stereocenters. The normalized spacial score (nSPS) is 21.1. The van der Waals surface area contributed by atoms with Crippen molar-refractivity contribution in [2.24, 2.45) is 5.92 Å². The predicted octanol–water partition coefficient (Wildman–Crippen LogP) is 4.42. The van der Waals surface area contributed by atoms with Crippen LogP contribution in [0, 0.1) is 5.92 Å². The minimum absolute atomic E-state index is 0. The number of benzene rings is 1. The molecule has 2 aliphatic rings. The van der Waals surface area contributed by atoms with E-state index in [1.165, 1.54) is 32.1 Å². The predicted molar refractivity (Wildman–Crippen MR) is 101 cm³/mol. The van der Waals surface area contributed by atoms with Crippen molar-refractivity contribution in [2.45, 2.75) is 38.1 Å². The number of phenols is 1. The van der Waals surface area contributed by atoms with Crippen LogP contribution in [0.15, 0.2) is 18.2 Å². The van der Waals surface area contributed by atoms with Gasteiger partial charge in [-0.3, -0.25) is 4.90 Å². The first-order valence-electron chi connectivity index (χ1n) is 8.19. The number of piperazine rings is 1. The van der Waals surface area contributed by atoms with Crippen LogP contribution in [0.5, 0.6) is 5.75 Å². The molecule has 132 valence electrons. The molecule has 23 heavy (non-hydrogen) atoms. The van der Waals surface area contributed by atoms with E-state index in [0.717, 1.165) is 31.7 Å². The molecule has 1 aromatic rings. The van der Waals surface area contributed by atoms with E-state index >= 15 is 0 Å². The van der Waals surface area contributed by atoms with E-state index in [1.807, 2.05) is 6.07 Å². The second-order valence-electron chi connectivity index (χ2n) is 6.31. The van der Waals surface area contributed by atoms with E-state index in [9.17, 15) is 5.11 Å². The lowest BCUT2D eigenvalue weighted by atomic mass is 9.80. The third-order valence-corrected chi connectivity index (χ3v) is 5.28. The van der Waals surface area contributed by atoms with Crippen molar-refractivity contribution in [2.75, 3.05) is 26.2 Å². The van der Waals surface area contributed by atoms with Crippen LogP contribution in [0.25, 0.3) is 0 Å². The highest BCUT2D eigenvalue weighted by Gasteiger charge is 2.32. The Kier molecular flexibility index (Phi) is 9.02. The zero-order valence-electron chi connectivity index (χ0n) is 13.3. The van der Waals surface area contributed by atoms with Crippen LogP contribution in [0.3, 0.4) is 0 Å². The monoisotopic (exact) mass is 380 g/mol. The highest BCUT2D eigenvalue weighted by molar-refractivity contribution is 6.32. The molecule has 0 aromatic heterocycles. The van der Waals surface area contributed by atoms with Crippen LogP contribution < -0.4 is 5.32 Å². The Bertz CT molecular complexity index is 457. The van der Waals surface area contributed by atoms with Crippen molar-refractivity contribution in [1.82, 2.24) is 10.2 Å². The maximum Gasteiger partial charge on any atom is 0.138 e. The van der Waals surface area contributed by atoms with Crippen LogP contribution >= 0.6 is 36.4 Å². The Balaban J connectivity index is 0.00000132. The fraction of sp³-hybridized carbons (Fsp3) is 0.647. The molecule has 0 spiro atoms. The maximum atomic E-state index is 10.5. The second kappa shape index (κ2) is 9.95. The van der Waals surface area contributed by atoms with Crippen molar-refractivity contribution >= 4 is 36.4 Å². The van der Waals surface area contributed by atoms with Crippen LogP contribution in [0.4, 0.5) is 0 Å². The van der Waals surface area contributed by atoms with Crippen LogP contribution in [-0.2, 0) is 0 Å². The molecule has 3 nitrogen and oxygen atoms in total. The minimum Gasteiger partial charge on any atom is -0.506 e. The summed E-state index contributed by atoms with van der Waals surface area (Å²) < 4.78 is 0. The fourth-order valence-corrected chi connectivity index (χ4v) is 4.11. The van der Waals surface area contributed by atoms with Crippen molar-refractivity contribution < 1.29 is 5.11 Å². The van der Waals surface area contributed by atoms with E-state index in [1.54, 1.807) is 6.07 Å². The largest absolute Gasteiger partial charge is 0.506 e. The Morgan fingerprint density at radius 2 is 1.74 bits per heavy atom. The molecule has 1 aromatic carbocycles. The van der Waals surface area contributed by atoms with Gasteiger partial charge < -0.3 is 10.4 Å². The summed E-state index contributed by atoms with van der Waals surface area (Å²) in [4.78, 5) is 2.54. The Labute approximate surface area is 156 Å². The molecule has 0 amide bonds. The standard InChI is InChI=1S/C17H25ClN2O.2ClH/c18-15-8-4-7-14(17(15)21)16(13-5-2-1-3-6-13)20-11-9-19-10-12-20;;/h4,7-8,13,16,19,21H,1-3,5-6,9-12H2;2*1H/t16-;;/m0../s1.